The molecule has 0 radical (unpaired) electrons. The fraction of sp³-hybridized carbons (Fsp3) is 0.351. The lowest BCUT2D eigenvalue weighted by atomic mass is 9.97. The fourth-order valence-electron chi connectivity index (χ4n) is 6.89. The Bertz CT molecular complexity index is 2580. The Hall–Kier alpha value is -6.32. The van der Waals surface area contributed by atoms with Gasteiger partial charge in [0.25, 0.3) is 11.8 Å². The summed E-state index contributed by atoms with van der Waals surface area (Å²) in [6.07, 6.45) is 1.19. The number of amides is 4. The van der Waals surface area contributed by atoms with Crippen molar-refractivity contribution in [3.8, 4) is 0 Å². The van der Waals surface area contributed by atoms with Gasteiger partial charge in [-0.15, -0.1) is 0 Å². The molecule has 16 nitrogen and oxygen atoms in total. The smallest absolute Gasteiger partial charge is 0.298 e. The minimum Gasteiger partial charge on any atom is -0.366 e. The first-order chi connectivity index (χ1) is 25.1. The summed E-state index contributed by atoms with van der Waals surface area (Å²) in [5.41, 5.74) is 16.9. The van der Waals surface area contributed by atoms with Crippen LogP contribution in [0, 0.1) is 13.8 Å². The number of nitrogens with two attached hydrogens (primary N) is 2. The van der Waals surface area contributed by atoms with Gasteiger partial charge in [-0.05, 0) is 103 Å². The number of carbonyl (C=O) groups is 4. The number of H-pyrrole nitrogens is 1. The van der Waals surface area contributed by atoms with Crippen molar-refractivity contribution in [2.24, 2.45) is 28.5 Å². The molecule has 6 aromatic rings. The second-order valence-electron chi connectivity index (χ2n) is 13.7. The summed E-state index contributed by atoms with van der Waals surface area (Å²) in [7, 11) is 1.79. The highest BCUT2D eigenvalue weighted by molar-refractivity contribution is 5.97. The third kappa shape index (κ3) is 6.86. The maximum Gasteiger partial charge on any atom is 0.298 e. The topological polar surface area (TPSA) is 211 Å². The highest BCUT2D eigenvalue weighted by Gasteiger charge is 2.26. The lowest BCUT2D eigenvalue weighted by molar-refractivity contribution is 0.0977. The summed E-state index contributed by atoms with van der Waals surface area (Å²) in [5, 5.41) is 8.81. The van der Waals surface area contributed by atoms with E-state index < -0.39 is 29.2 Å². The molecule has 2 aromatic carbocycles. The molecule has 16 heteroatoms. The van der Waals surface area contributed by atoms with Gasteiger partial charge >= 0.3 is 0 Å². The number of benzene rings is 2. The molecule has 0 atom stereocenters. The monoisotopic (exact) mass is 720 g/mol. The minimum absolute atomic E-state index is 0.305. The van der Waals surface area contributed by atoms with E-state index in [-0.39, 0.29) is 0 Å². The van der Waals surface area contributed by atoms with Crippen LogP contribution >= 0.6 is 0 Å². The van der Waals surface area contributed by atoms with Crippen LogP contribution < -0.4 is 22.7 Å². The molecule has 0 aliphatic rings. The molecule has 0 bridgehead atoms. The largest absolute Gasteiger partial charge is 0.366 e. The van der Waals surface area contributed by atoms with Crippen LogP contribution in [0.4, 0.5) is 0 Å². The summed E-state index contributed by atoms with van der Waals surface area (Å²) in [5.74, 6) is -2.04. The van der Waals surface area contributed by atoms with E-state index in [0.717, 1.165) is 11.0 Å². The quantitative estimate of drug-likeness (QED) is 0.183. The maximum absolute atomic E-state index is 13.6. The van der Waals surface area contributed by atoms with Crippen LogP contribution in [0.1, 0.15) is 93.6 Å². The van der Waals surface area contributed by atoms with Gasteiger partial charge in [0.15, 0.2) is 0 Å². The molecule has 6 rings (SSSR count). The standard InChI is InChI=1S/C37H44N12O4/c1-8-47-29(17-21(3)43-47)33(52)41-35-40-25-19-23(31(38)50)11-13-26(25)49(35)37(5,6)15-10-16-46-27-14-12-24(32(39)51)20-28(27)45(7)36(46)42-34(53)30-18-22(4)44-48(30)9-2/h11-14,17-20H,8-10,15-16H2,1-7H3,(H2,38,50)(H2,39,51)(H,40,41,52)/b42-36+. The van der Waals surface area contributed by atoms with Gasteiger partial charge in [0.2, 0.25) is 23.1 Å². The number of primary amides is 2. The van der Waals surface area contributed by atoms with Crippen LogP contribution in [0.15, 0.2) is 58.5 Å². The zero-order valence-electron chi connectivity index (χ0n) is 31.0. The molecule has 0 unspecified atom stereocenters. The zero-order chi connectivity index (χ0) is 38.4. The number of fused-ring (bicyclic) bond motifs is 2. The molecule has 0 fully saturated rings. The first-order valence-corrected chi connectivity index (χ1v) is 17.4. The van der Waals surface area contributed by atoms with Crippen molar-refractivity contribution in [2.75, 3.05) is 0 Å². The highest BCUT2D eigenvalue weighted by atomic mass is 16.2. The van der Waals surface area contributed by atoms with Gasteiger partial charge < -0.3 is 30.2 Å². The summed E-state index contributed by atoms with van der Waals surface area (Å²) in [6.45, 7) is 13.0. The number of nitrogens with zero attached hydrogens (tertiary/aromatic N) is 9. The number of nitrogens with one attached hydrogen (secondary N) is 1. The van der Waals surface area contributed by atoms with Gasteiger partial charge in [-0.1, -0.05) is 0 Å². The van der Waals surface area contributed by atoms with E-state index in [0.29, 0.717) is 88.6 Å². The van der Waals surface area contributed by atoms with Gasteiger partial charge in [0.05, 0.1) is 33.5 Å². The Balaban J connectivity index is 1.41. The second-order valence-corrected chi connectivity index (χ2v) is 13.7. The van der Waals surface area contributed by atoms with E-state index in [1.165, 1.54) is 0 Å². The SMILES string of the molecule is CCn1nc(C)cc1C(=O)/N=c1\n(C)c2cc(C(N)=O)ccc2n1CCCC(C)(C)n1/c(=N/C(=O)c2cc(C)nn2CC)[nH]c2cc(C(N)=O)ccc21. The first-order valence-electron chi connectivity index (χ1n) is 17.4. The van der Waals surface area contributed by atoms with Crippen LogP contribution in [-0.2, 0) is 32.2 Å². The summed E-state index contributed by atoms with van der Waals surface area (Å²) < 4.78 is 8.93. The molecule has 0 saturated carbocycles. The van der Waals surface area contributed by atoms with Crippen molar-refractivity contribution in [3.05, 3.63) is 93.7 Å². The number of aromatic amines is 1. The Morgan fingerprint density at radius 3 is 1.89 bits per heavy atom. The van der Waals surface area contributed by atoms with Gasteiger partial charge in [0.1, 0.15) is 11.4 Å². The van der Waals surface area contributed by atoms with Crippen LogP contribution in [0.5, 0.6) is 0 Å². The molecular formula is C37H44N12O4. The predicted molar refractivity (Wildman–Crippen MR) is 198 cm³/mol. The van der Waals surface area contributed by atoms with Crippen molar-refractivity contribution in [1.29, 1.82) is 0 Å². The molecule has 4 heterocycles. The average molecular weight is 721 g/mol. The molecular weight excluding hydrogens is 676 g/mol. The van der Waals surface area contributed by atoms with Gasteiger partial charge in [-0.25, -0.2) is 0 Å². The Morgan fingerprint density at radius 1 is 0.774 bits per heavy atom. The van der Waals surface area contributed by atoms with Crippen LogP contribution in [-0.4, -0.2) is 61.9 Å². The molecule has 0 spiro atoms. The fourth-order valence-corrected chi connectivity index (χ4v) is 6.89. The maximum atomic E-state index is 13.6. The summed E-state index contributed by atoms with van der Waals surface area (Å²) >= 11 is 0. The van der Waals surface area contributed by atoms with Gasteiger partial charge in [-0.3, -0.25) is 28.5 Å². The number of hydrogen-bond donors (Lipinski definition) is 3. The van der Waals surface area contributed by atoms with E-state index in [1.54, 1.807) is 69.5 Å². The Kier molecular flexibility index (Phi) is 9.64. The van der Waals surface area contributed by atoms with Crippen molar-refractivity contribution >= 4 is 45.7 Å². The summed E-state index contributed by atoms with van der Waals surface area (Å²) in [4.78, 5) is 63.7. The van der Waals surface area contributed by atoms with E-state index in [9.17, 15) is 19.2 Å². The van der Waals surface area contributed by atoms with Crippen molar-refractivity contribution < 1.29 is 19.2 Å². The van der Waals surface area contributed by atoms with Crippen molar-refractivity contribution in [2.45, 2.75) is 79.6 Å². The second kappa shape index (κ2) is 14.0. The van der Waals surface area contributed by atoms with Crippen molar-refractivity contribution in [1.82, 2.24) is 38.2 Å². The van der Waals surface area contributed by atoms with Crippen molar-refractivity contribution in [3.63, 3.8) is 0 Å². The van der Waals surface area contributed by atoms with E-state index in [1.807, 2.05) is 50.7 Å². The predicted octanol–water partition coefficient (Wildman–Crippen LogP) is 3.21. The lowest BCUT2D eigenvalue weighted by Crippen LogP contribution is -2.36. The number of aromatic nitrogens is 8. The van der Waals surface area contributed by atoms with Gasteiger partial charge in [-0.2, -0.15) is 20.2 Å². The Morgan fingerprint density at radius 2 is 1.32 bits per heavy atom. The molecule has 0 saturated heterocycles. The number of hydrogen-bond acceptors (Lipinski definition) is 6. The third-order valence-corrected chi connectivity index (χ3v) is 9.46. The summed E-state index contributed by atoms with van der Waals surface area (Å²) in [6, 6.07) is 13.7. The zero-order valence-corrected chi connectivity index (χ0v) is 31.0. The number of aryl methyl sites for hydroxylation is 6. The van der Waals surface area contributed by atoms with Crippen LogP contribution in [0.2, 0.25) is 0 Å². The van der Waals surface area contributed by atoms with E-state index in [4.69, 9.17) is 11.5 Å². The highest BCUT2D eigenvalue weighted by Crippen LogP contribution is 2.26. The molecule has 4 amide bonds. The normalized spacial score (nSPS) is 12.7. The number of rotatable bonds is 11. The van der Waals surface area contributed by atoms with E-state index in [2.05, 4.69) is 25.2 Å². The third-order valence-electron chi connectivity index (χ3n) is 9.46. The van der Waals surface area contributed by atoms with Gasteiger partial charge in [0, 0.05) is 43.3 Å². The first kappa shape index (κ1) is 36.5. The average Bonchev–Trinajstić information content (AvgIpc) is 3.86. The molecule has 5 N–H and O–H groups in total. The van der Waals surface area contributed by atoms with E-state index >= 15 is 0 Å². The molecule has 53 heavy (non-hydrogen) atoms. The molecule has 4 aromatic heterocycles. The number of imidazole rings is 2. The minimum atomic E-state index is -0.630. The molecule has 0 aliphatic carbocycles. The molecule has 0 aliphatic heterocycles. The Labute approximate surface area is 304 Å². The molecule has 276 valence electrons. The number of carbonyl (C=O) groups excluding carboxylic acids is 4. The lowest BCUT2D eigenvalue weighted by Gasteiger charge is -2.28. The van der Waals surface area contributed by atoms with Crippen LogP contribution in [0.25, 0.3) is 22.1 Å². The van der Waals surface area contributed by atoms with Crippen LogP contribution in [0.3, 0.4) is 0 Å².